The first-order valence-corrected chi connectivity index (χ1v) is 6.47. The monoisotopic (exact) mass is 326 g/mol. The lowest BCUT2D eigenvalue weighted by Gasteiger charge is -2.10. The molecular formula is C12H12BrFN4O. The van der Waals surface area contributed by atoms with E-state index in [-0.39, 0.29) is 5.56 Å². The molecule has 7 heteroatoms. The number of halogens is 2. The van der Waals surface area contributed by atoms with Gasteiger partial charge in [-0.25, -0.2) is 4.39 Å². The Labute approximate surface area is 118 Å². The molecule has 0 aliphatic heterocycles. The van der Waals surface area contributed by atoms with Crippen LogP contribution in [0.5, 0.6) is 0 Å². The van der Waals surface area contributed by atoms with Crippen molar-refractivity contribution in [3.05, 3.63) is 39.9 Å². The average Bonchev–Trinajstić information content (AvgIpc) is 2.81. The molecule has 19 heavy (non-hydrogen) atoms. The summed E-state index contributed by atoms with van der Waals surface area (Å²) in [6, 6.07) is 2.81. The van der Waals surface area contributed by atoms with Gasteiger partial charge in [0.15, 0.2) is 0 Å². The lowest BCUT2D eigenvalue weighted by atomic mass is 10.1. The number of anilines is 1. The molecule has 1 aromatic heterocycles. The summed E-state index contributed by atoms with van der Waals surface area (Å²) in [5, 5.41) is 10.0. The summed E-state index contributed by atoms with van der Waals surface area (Å²) in [5.74, 6) is -0.814. The Morgan fingerprint density at radius 2 is 2.26 bits per heavy atom. The molecular weight excluding hydrogens is 315 g/mol. The number of nitrogens with one attached hydrogen (secondary N) is 1. The van der Waals surface area contributed by atoms with Gasteiger partial charge in [-0.05, 0) is 31.5 Å². The largest absolute Gasteiger partial charge is 0.300 e. The molecule has 0 saturated heterocycles. The Hall–Kier alpha value is -1.76. The van der Waals surface area contributed by atoms with Gasteiger partial charge in [-0.1, -0.05) is 15.9 Å². The van der Waals surface area contributed by atoms with E-state index < -0.39 is 11.7 Å². The first-order chi connectivity index (χ1) is 9.04. The van der Waals surface area contributed by atoms with Crippen LogP contribution >= 0.6 is 15.9 Å². The summed E-state index contributed by atoms with van der Waals surface area (Å²) >= 11 is 3.27. The number of benzene rings is 1. The number of hydrogen-bond acceptors (Lipinski definition) is 3. The minimum absolute atomic E-state index is 0.0000260. The number of carbonyl (C=O) groups excluding carboxylic acids is 1. The van der Waals surface area contributed by atoms with E-state index >= 15 is 0 Å². The molecule has 0 aliphatic carbocycles. The van der Waals surface area contributed by atoms with Crippen LogP contribution in [0, 0.1) is 12.7 Å². The van der Waals surface area contributed by atoms with Crippen LogP contribution in [0.1, 0.15) is 22.8 Å². The number of rotatable bonds is 3. The van der Waals surface area contributed by atoms with Crippen LogP contribution in [-0.4, -0.2) is 20.7 Å². The topological polar surface area (TPSA) is 59.8 Å². The molecule has 0 radical (unpaired) electrons. The van der Waals surface area contributed by atoms with Crippen molar-refractivity contribution in [2.24, 2.45) is 0 Å². The standard InChI is InChI=1S/C12H12BrFN4O/c1-3-18-6-15-17-12(18)16-11(19)10-7(2)8(13)4-5-9(10)14/h4-6H,3H2,1-2H3,(H,16,17,19). The number of aryl methyl sites for hydroxylation is 1. The van der Waals surface area contributed by atoms with Crippen molar-refractivity contribution >= 4 is 27.8 Å². The van der Waals surface area contributed by atoms with Gasteiger partial charge in [-0.15, -0.1) is 10.2 Å². The van der Waals surface area contributed by atoms with Crippen molar-refractivity contribution in [1.29, 1.82) is 0 Å². The zero-order valence-corrected chi connectivity index (χ0v) is 12.0. The quantitative estimate of drug-likeness (QED) is 0.943. The van der Waals surface area contributed by atoms with Crippen LogP contribution < -0.4 is 5.32 Å². The van der Waals surface area contributed by atoms with Crippen molar-refractivity contribution in [1.82, 2.24) is 14.8 Å². The van der Waals surface area contributed by atoms with Gasteiger partial charge in [0.05, 0.1) is 5.56 Å². The van der Waals surface area contributed by atoms with Gasteiger partial charge >= 0.3 is 0 Å². The summed E-state index contributed by atoms with van der Waals surface area (Å²) in [7, 11) is 0. The Morgan fingerprint density at radius 3 is 2.95 bits per heavy atom. The van der Waals surface area contributed by atoms with E-state index in [2.05, 4.69) is 31.4 Å². The smallest absolute Gasteiger partial charge is 0.261 e. The van der Waals surface area contributed by atoms with E-state index in [0.29, 0.717) is 22.5 Å². The van der Waals surface area contributed by atoms with Crippen molar-refractivity contribution in [3.63, 3.8) is 0 Å². The molecule has 0 fully saturated rings. The molecule has 0 atom stereocenters. The normalized spacial score (nSPS) is 10.5. The minimum atomic E-state index is -0.569. The average molecular weight is 327 g/mol. The third kappa shape index (κ3) is 2.65. The van der Waals surface area contributed by atoms with Crippen molar-refractivity contribution in [2.45, 2.75) is 20.4 Å². The molecule has 1 amide bonds. The van der Waals surface area contributed by atoms with E-state index in [1.54, 1.807) is 17.6 Å². The Balaban J connectivity index is 2.33. The second-order valence-corrected chi connectivity index (χ2v) is 4.78. The molecule has 100 valence electrons. The summed E-state index contributed by atoms with van der Waals surface area (Å²) in [6.45, 7) is 4.18. The van der Waals surface area contributed by atoms with Crippen LogP contribution in [0.15, 0.2) is 22.9 Å². The van der Waals surface area contributed by atoms with Gasteiger partial charge in [0.1, 0.15) is 12.1 Å². The lowest BCUT2D eigenvalue weighted by Crippen LogP contribution is -2.18. The van der Waals surface area contributed by atoms with Crippen LogP contribution in [-0.2, 0) is 6.54 Å². The van der Waals surface area contributed by atoms with Gasteiger partial charge in [0, 0.05) is 11.0 Å². The first-order valence-electron chi connectivity index (χ1n) is 5.68. The van der Waals surface area contributed by atoms with Crippen LogP contribution in [0.2, 0.25) is 0 Å². The van der Waals surface area contributed by atoms with Gasteiger partial charge in [-0.2, -0.15) is 0 Å². The highest BCUT2D eigenvalue weighted by molar-refractivity contribution is 9.10. The van der Waals surface area contributed by atoms with Crippen molar-refractivity contribution < 1.29 is 9.18 Å². The fourth-order valence-corrected chi connectivity index (χ4v) is 2.01. The molecule has 5 nitrogen and oxygen atoms in total. The predicted octanol–water partition coefficient (Wildman–Crippen LogP) is 2.76. The molecule has 0 aliphatic rings. The van der Waals surface area contributed by atoms with Gasteiger partial charge in [0.25, 0.3) is 5.91 Å². The maximum Gasteiger partial charge on any atom is 0.261 e. The fourth-order valence-electron chi connectivity index (χ4n) is 1.68. The van der Waals surface area contributed by atoms with Crippen molar-refractivity contribution in [3.8, 4) is 0 Å². The predicted molar refractivity (Wildman–Crippen MR) is 72.5 cm³/mol. The third-order valence-corrected chi connectivity index (χ3v) is 3.62. The van der Waals surface area contributed by atoms with E-state index in [4.69, 9.17) is 0 Å². The molecule has 0 unspecified atom stereocenters. The SMILES string of the molecule is CCn1cnnc1NC(=O)c1c(F)ccc(Br)c1C. The highest BCUT2D eigenvalue weighted by Gasteiger charge is 2.18. The summed E-state index contributed by atoms with van der Waals surface area (Å²) in [4.78, 5) is 12.1. The van der Waals surface area contributed by atoms with Crippen molar-refractivity contribution in [2.75, 3.05) is 5.32 Å². The summed E-state index contributed by atoms with van der Waals surface area (Å²) in [5.41, 5.74) is 0.542. The number of carbonyl (C=O) groups is 1. The fraction of sp³-hybridized carbons (Fsp3) is 0.250. The van der Waals surface area contributed by atoms with Crippen LogP contribution in [0.4, 0.5) is 10.3 Å². The number of amides is 1. The van der Waals surface area contributed by atoms with Gasteiger partial charge in [0.2, 0.25) is 5.95 Å². The molecule has 2 rings (SSSR count). The maximum absolute atomic E-state index is 13.8. The highest BCUT2D eigenvalue weighted by Crippen LogP contribution is 2.23. The molecule has 1 aromatic carbocycles. The Morgan fingerprint density at radius 1 is 1.53 bits per heavy atom. The minimum Gasteiger partial charge on any atom is -0.300 e. The lowest BCUT2D eigenvalue weighted by molar-refractivity contribution is 0.102. The van der Waals surface area contributed by atoms with E-state index in [1.807, 2.05) is 6.92 Å². The Bertz CT molecular complexity index is 626. The van der Waals surface area contributed by atoms with Crippen LogP contribution in [0.3, 0.4) is 0 Å². The van der Waals surface area contributed by atoms with Crippen LogP contribution in [0.25, 0.3) is 0 Å². The molecule has 2 aromatic rings. The maximum atomic E-state index is 13.8. The zero-order chi connectivity index (χ0) is 14.0. The summed E-state index contributed by atoms with van der Waals surface area (Å²) < 4.78 is 16.1. The number of nitrogens with zero attached hydrogens (tertiary/aromatic N) is 3. The van der Waals surface area contributed by atoms with E-state index in [0.717, 1.165) is 0 Å². The number of hydrogen-bond donors (Lipinski definition) is 1. The summed E-state index contributed by atoms with van der Waals surface area (Å²) in [6.07, 6.45) is 1.50. The molecule has 0 saturated carbocycles. The van der Waals surface area contributed by atoms with Gasteiger partial charge in [-0.3, -0.25) is 14.7 Å². The van der Waals surface area contributed by atoms with E-state index in [1.165, 1.54) is 12.4 Å². The molecule has 1 N–H and O–H groups in total. The third-order valence-electron chi connectivity index (χ3n) is 2.76. The highest BCUT2D eigenvalue weighted by atomic mass is 79.9. The first kappa shape index (κ1) is 13.7. The second kappa shape index (κ2) is 5.48. The molecule has 0 bridgehead atoms. The van der Waals surface area contributed by atoms with Gasteiger partial charge < -0.3 is 0 Å². The zero-order valence-electron chi connectivity index (χ0n) is 10.4. The molecule has 1 heterocycles. The Kier molecular flexibility index (Phi) is 3.94. The number of aromatic nitrogens is 3. The molecule has 0 spiro atoms. The second-order valence-electron chi connectivity index (χ2n) is 3.92. The van der Waals surface area contributed by atoms with E-state index in [9.17, 15) is 9.18 Å².